The minimum absolute atomic E-state index is 0.169. The normalized spacial score (nSPS) is 33.1. The molecule has 4 heteroatoms. The maximum Gasteiger partial charge on any atom is 0.162 e. The van der Waals surface area contributed by atoms with Gasteiger partial charge in [-0.05, 0) is 44.7 Å². The van der Waals surface area contributed by atoms with Gasteiger partial charge in [-0.3, -0.25) is 0 Å². The van der Waals surface area contributed by atoms with Crippen molar-refractivity contribution in [3.05, 3.63) is 48.5 Å². The summed E-state index contributed by atoms with van der Waals surface area (Å²) in [6, 6.07) is 17.3. The van der Waals surface area contributed by atoms with Crippen LogP contribution in [0.4, 0.5) is 0 Å². The Hall–Kier alpha value is -1.10. The van der Waals surface area contributed by atoms with Gasteiger partial charge in [0.25, 0.3) is 0 Å². The maximum absolute atomic E-state index is 6.58. The zero-order valence-electron chi connectivity index (χ0n) is 15.2. The number of rotatable bonds is 0. The summed E-state index contributed by atoms with van der Waals surface area (Å²) in [5.74, 6) is 2.51. The molecule has 0 saturated carbocycles. The van der Waals surface area contributed by atoms with E-state index in [4.69, 9.17) is 9.47 Å². The minimum atomic E-state index is -0.429. The molecule has 0 spiro atoms. The van der Waals surface area contributed by atoms with Crippen LogP contribution in [-0.4, -0.2) is 22.0 Å². The van der Waals surface area contributed by atoms with Crippen LogP contribution >= 0.6 is 15.8 Å². The molecule has 1 fully saturated rings. The second kappa shape index (κ2) is 5.21. The summed E-state index contributed by atoms with van der Waals surface area (Å²) in [6.45, 7) is 9.79. The van der Waals surface area contributed by atoms with Crippen LogP contribution in [0, 0.1) is 0 Å². The summed E-state index contributed by atoms with van der Waals surface area (Å²) in [5.41, 5.74) is 0. The van der Waals surface area contributed by atoms with Crippen LogP contribution < -0.4 is 20.1 Å². The van der Waals surface area contributed by atoms with Gasteiger partial charge in [-0.1, -0.05) is 64.1 Å². The van der Waals surface area contributed by atoms with Crippen molar-refractivity contribution >= 4 is 26.5 Å². The monoisotopic (exact) mass is 370 g/mol. The molecule has 0 unspecified atom stereocenters. The van der Waals surface area contributed by atoms with E-state index >= 15 is 0 Å². The summed E-state index contributed by atoms with van der Waals surface area (Å²) < 4.78 is 13.2. The van der Waals surface area contributed by atoms with E-state index in [-0.39, 0.29) is 22.0 Å². The standard InChI is InChI=1S/C21H24O2P2/c1-20(2)13-21(3,4)25-17-12-8-6-10-15(17)23-19(25)18-22-14-9-5-7-11-16(14)24(18)20/h5-12,18-19H,13H2,1-4H3/t18-,19-,24-,25+/m0/s1. The fraction of sp³-hybridized carbons (Fsp3) is 0.429. The van der Waals surface area contributed by atoms with E-state index in [1.54, 1.807) is 0 Å². The van der Waals surface area contributed by atoms with Crippen molar-refractivity contribution in [2.75, 3.05) is 0 Å². The molecule has 1 saturated heterocycles. The molecule has 3 aliphatic heterocycles. The van der Waals surface area contributed by atoms with E-state index in [0.717, 1.165) is 11.5 Å². The molecular formula is C21H24O2P2. The average molecular weight is 370 g/mol. The van der Waals surface area contributed by atoms with Crippen molar-refractivity contribution in [1.82, 2.24) is 0 Å². The third-order valence-electron chi connectivity index (χ3n) is 5.67. The highest BCUT2D eigenvalue weighted by Crippen LogP contribution is 2.74. The molecule has 2 aromatic rings. The van der Waals surface area contributed by atoms with Gasteiger partial charge in [-0.2, -0.15) is 0 Å². The van der Waals surface area contributed by atoms with Gasteiger partial charge in [-0.15, -0.1) is 0 Å². The summed E-state index contributed by atoms with van der Waals surface area (Å²) in [4.78, 5) is 0. The first-order chi connectivity index (χ1) is 11.9. The fourth-order valence-corrected chi connectivity index (χ4v) is 12.7. The van der Waals surface area contributed by atoms with E-state index in [9.17, 15) is 0 Å². The van der Waals surface area contributed by atoms with Crippen molar-refractivity contribution < 1.29 is 9.47 Å². The number of ether oxygens (including phenoxy) is 2. The molecule has 0 aromatic heterocycles. The smallest absolute Gasteiger partial charge is 0.162 e. The molecule has 0 bridgehead atoms. The molecule has 3 heterocycles. The third-order valence-corrected chi connectivity index (χ3v) is 12.4. The Balaban J connectivity index is 1.69. The van der Waals surface area contributed by atoms with Gasteiger partial charge < -0.3 is 9.47 Å². The highest BCUT2D eigenvalue weighted by Gasteiger charge is 2.60. The predicted molar refractivity (Wildman–Crippen MR) is 108 cm³/mol. The Kier molecular flexibility index (Phi) is 3.36. The molecule has 0 aliphatic carbocycles. The van der Waals surface area contributed by atoms with Crippen LogP contribution in [0.3, 0.4) is 0 Å². The Morgan fingerprint density at radius 1 is 0.720 bits per heavy atom. The van der Waals surface area contributed by atoms with Crippen LogP contribution in [0.2, 0.25) is 0 Å². The van der Waals surface area contributed by atoms with Gasteiger partial charge in [0.2, 0.25) is 0 Å². The van der Waals surface area contributed by atoms with Crippen molar-refractivity contribution in [2.24, 2.45) is 0 Å². The largest absolute Gasteiger partial charge is 0.481 e. The van der Waals surface area contributed by atoms with Gasteiger partial charge in [0.1, 0.15) is 11.5 Å². The lowest BCUT2D eigenvalue weighted by Gasteiger charge is -2.38. The summed E-state index contributed by atoms with van der Waals surface area (Å²) in [5, 5.41) is 3.33. The Morgan fingerprint density at radius 2 is 1.12 bits per heavy atom. The SMILES string of the molecule is CC1(C)CC(C)(C)[P@@]2c3ccccc3O[C@@H]2[C@H]2Oc3ccccc3[P@]21. The summed E-state index contributed by atoms with van der Waals surface area (Å²) >= 11 is 0. The first-order valence-corrected chi connectivity index (χ1v) is 11.8. The van der Waals surface area contributed by atoms with Crippen molar-refractivity contribution in [2.45, 2.75) is 56.1 Å². The van der Waals surface area contributed by atoms with Crippen molar-refractivity contribution in [1.29, 1.82) is 0 Å². The Morgan fingerprint density at radius 3 is 1.56 bits per heavy atom. The lowest BCUT2D eigenvalue weighted by Crippen LogP contribution is -2.33. The Labute approximate surface area is 152 Å². The number of hydrogen-bond donors (Lipinski definition) is 0. The first-order valence-electron chi connectivity index (χ1n) is 8.99. The lowest BCUT2D eigenvalue weighted by molar-refractivity contribution is 0.173. The van der Waals surface area contributed by atoms with Crippen LogP contribution in [0.15, 0.2) is 48.5 Å². The molecule has 3 aliphatic rings. The first kappa shape index (κ1) is 16.1. The molecule has 130 valence electrons. The number of fused-ring (bicyclic) bond motifs is 7. The minimum Gasteiger partial charge on any atom is -0.481 e. The van der Waals surface area contributed by atoms with E-state index in [1.807, 2.05) is 0 Å². The van der Waals surface area contributed by atoms with Gasteiger partial charge in [0, 0.05) is 10.6 Å². The molecule has 0 radical (unpaired) electrons. The van der Waals surface area contributed by atoms with E-state index in [1.165, 1.54) is 17.0 Å². The third kappa shape index (κ3) is 2.23. The quantitative estimate of drug-likeness (QED) is 0.608. The van der Waals surface area contributed by atoms with Crippen molar-refractivity contribution in [3.63, 3.8) is 0 Å². The van der Waals surface area contributed by atoms with Gasteiger partial charge in [-0.25, -0.2) is 0 Å². The van der Waals surface area contributed by atoms with Gasteiger partial charge in [0.15, 0.2) is 11.7 Å². The van der Waals surface area contributed by atoms with Crippen LogP contribution in [0.5, 0.6) is 11.5 Å². The molecule has 0 amide bonds. The van der Waals surface area contributed by atoms with E-state index < -0.39 is 15.8 Å². The fourth-order valence-electron chi connectivity index (χ4n) is 5.09. The number of benzene rings is 2. The molecule has 5 rings (SSSR count). The van der Waals surface area contributed by atoms with E-state index in [2.05, 4.69) is 76.2 Å². The predicted octanol–water partition coefficient (Wildman–Crippen LogP) is 5.00. The Bertz CT molecular complexity index is 776. The maximum atomic E-state index is 6.58. The second-order valence-electron chi connectivity index (χ2n) is 8.49. The molecular weight excluding hydrogens is 346 g/mol. The topological polar surface area (TPSA) is 18.5 Å². The van der Waals surface area contributed by atoms with Crippen LogP contribution in [0.1, 0.15) is 34.1 Å². The summed E-state index contributed by atoms with van der Waals surface area (Å²) in [6.07, 6.45) is 1.21. The zero-order chi connectivity index (χ0) is 17.4. The highest BCUT2D eigenvalue weighted by molar-refractivity contribution is 7.73. The second-order valence-corrected chi connectivity index (χ2v) is 14.4. The lowest BCUT2D eigenvalue weighted by atomic mass is 9.99. The van der Waals surface area contributed by atoms with Crippen LogP contribution in [0.25, 0.3) is 0 Å². The van der Waals surface area contributed by atoms with Crippen LogP contribution in [-0.2, 0) is 0 Å². The highest BCUT2D eigenvalue weighted by atomic mass is 31.1. The molecule has 2 nitrogen and oxygen atoms in total. The zero-order valence-corrected chi connectivity index (χ0v) is 17.0. The molecule has 4 atom stereocenters. The van der Waals surface area contributed by atoms with Crippen molar-refractivity contribution in [3.8, 4) is 11.5 Å². The average Bonchev–Trinajstić information content (AvgIpc) is 3.11. The summed E-state index contributed by atoms with van der Waals surface area (Å²) in [7, 11) is -0.858. The van der Waals surface area contributed by atoms with Gasteiger partial charge >= 0.3 is 0 Å². The molecule has 2 aromatic carbocycles. The molecule has 0 N–H and O–H groups in total. The number of hydrogen-bond acceptors (Lipinski definition) is 2. The number of para-hydroxylation sites is 2. The van der Waals surface area contributed by atoms with Gasteiger partial charge in [0.05, 0.1) is 0 Å². The van der Waals surface area contributed by atoms with E-state index in [0.29, 0.717) is 0 Å². The molecule has 25 heavy (non-hydrogen) atoms.